The lowest BCUT2D eigenvalue weighted by Crippen LogP contribution is -1.97. The van der Waals surface area contributed by atoms with Crippen LogP contribution in [0.1, 0.15) is 27.0 Å². The van der Waals surface area contributed by atoms with Gasteiger partial charge in [0.05, 0.1) is 9.21 Å². The van der Waals surface area contributed by atoms with Crippen LogP contribution in [0.25, 0.3) is 6.08 Å². The molecule has 2 heterocycles. The van der Waals surface area contributed by atoms with Gasteiger partial charge in [-0.15, -0.1) is 11.3 Å². The molecule has 0 aliphatic carbocycles. The summed E-state index contributed by atoms with van der Waals surface area (Å²) in [5.41, 5.74) is 0.897. The molecule has 0 radical (unpaired) electrons. The van der Waals surface area contributed by atoms with Crippen LogP contribution in [0.5, 0.6) is 5.75 Å². The number of ether oxygens (including phenoxy) is 1. The minimum atomic E-state index is -0.0697. The van der Waals surface area contributed by atoms with Crippen molar-refractivity contribution in [3.8, 4) is 5.75 Å². The fourth-order valence-electron chi connectivity index (χ4n) is 1.92. The summed E-state index contributed by atoms with van der Waals surface area (Å²) in [6.07, 6.45) is 3.28. The Morgan fingerprint density at radius 1 is 1.29 bits per heavy atom. The third-order valence-electron chi connectivity index (χ3n) is 3.06. The second-order valence-electron chi connectivity index (χ2n) is 4.89. The van der Waals surface area contributed by atoms with Gasteiger partial charge in [-0.05, 0) is 35.9 Å². The predicted molar refractivity (Wildman–Crippen MR) is 92.5 cm³/mol. The van der Waals surface area contributed by atoms with Gasteiger partial charge < -0.3 is 9.26 Å². The van der Waals surface area contributed by atoms with E-state index in [4.69, 9.17) is 20.9 Å². The van der Waals surface area contributed by atoms with Gasteiger partial charge in [-0.25, -0.2) is 0 Å². The minimum absolute atomic E-state index is 0.0697. The Hall–Kier alpha value is -2.44. The van der Waals surface area contributed by atoms with Gasteiger partial charge in [-0.3, -0.25) is 4.79 Å². The first-order chi connectivity index (χ1) is 11.6. The van der Waals surface area contributed by atoms with Crippen molar-refractivity contribution < 1.29 is 14.1 Å². The zero-order valence-electron chi connectivity index (χ0n) is 12.7. The van der Waals surface area contributed by atoms with E-state index in [0.29, 0.717) is 26.7 Å². The Labute approximate surface area is 147 Å². The maximum absolute atomic E-state index is 12.0. The van der Waals surface area contributed by atoms with Crippen molar-refractivity contribution in [1.82, 2.24) is 10.1 Å². The van der Waals surface area contributed by atoms with Crippen molar-refractivity contribution in [2.45, 2.75) is 13.5 Å². The molecule has 2 aromatic heterocycles. The molecule has 0 aliphatic rings. The molecule has 3 aromatic rings. The number of aryl methyl sites for hydroxylation is 1. The SMILES string of the molecule is Cc1nc(COc2ccc(/C=C\C(=O)c3ccc(Cl)s3)cc2)no1. The second kappa shape index (κ2) is 7.42. The van der Waals surface area contributed by atoms with E-state index in [9.17, 15) is 4.79 Å². The van der Waals surface area contributed by atoms with Crippen LogP contribution >= 0.6 is 22.9 Å². The summed E-state index contributed by atoms with van der Waals surface area (Å²) in [5, 5.41) is 3.76. The maximum atomic E-state index is 12.0. The first kappa shape index (κ1) is 16.4. The van der Waals surface area contributed by atoms with Crippen LogP contribution in [0.4, 0.5) is 0 Å². The van der Waals surface area contributed by atoms with E-state index in [1.54, 1.807) is 25.1 Å². The van der Waals surface area contributed by atoms with E-state index < -0.39 is 0 Å². The number of nitrogens with zero attached hydrogens (tertiary/aromatic N) is 2. The number of benzene rings is 1. The molecule has 0 bridgehead atoms. The standard InChI is InChI=1S/C17H13ClN2O3S/c1-11-19-17(20-23-11)10-22-13-5-2-12(3-6-13)4-7-14(21)15-8-9-16(18)24-15/h2-9H,10H2,1H3/b7-4-. The molecule has 1 aromatic carbocycles. The van der Waals surface area contributed by atoms with Gasteiger partial charge in [0.15, 0.2) is 12.4 Å². The van der Waals surface area contributed by atoms with Crippen LogP contribution in [0.15, 0.2) is 47.0 Å². The molecule has 0 saturated carbocycles. The first-order valence-corrected chi connectivity index (χ1v) is 8.29. The fraction of sp³-hybridized carbons (Fsp3) is 0.118. The average molecular weight is 361 g/mol. The number of thiophene rings is 1. The van der Waals surface area contributed by atoms with Crippen LogP contribution < -0.4 is 4.74 Å². The van der Waals surface area contributed by atoms with Crippen molar-refractivity contribution in [2.24, 2.45) is 0 Å². The van der Waals surface area contributed by atoms with Gasteiger partial charge >= 0.3 is 0 Å². The number of aromatic nitrogens is 2. The summed E-state index contributed by atoms with van der Waals surface area (Å²) in [7, 11) is 0. The Balaban J connectivity index is 1.57. The van der Waals surface area contributed by atoms with Crippen LogP contribution in [-0.4, -0.2) is 15.9 Å². The molecule has 0 atom stereocenters. The smallest absolute Gasteiger partial charge is 0.223 e. The highest BCUT2D eigenvalue weighted by molar-refractivity contribution is 7.18. The van der Waals surface area contributed by atoms with Gasteiger partial charge in [-0.2, -0.15) is 4.98 Å². The quantitative estimate of drug-likeness (QED) is 0.476. The molecule has 0 aliphatic heterocycles. The second-order valence-corrected chi connectivity index (χ2v) is 6.60. The average Bonchev–Trinajstić information content (AvgIpc) is 3.20. The van der Waals surface area contributed by atoms with Gasteiger partial charge in [0.2, 0.25) is 11.7 Å². The number of carbonyl (C=O) groups excluding carboxylic acids is 1. The molecule has 0 spiro atoms. The highest BCUT2D eigenvalue weighted by Crippen LogP contribution is 2.22. The molecule has 0 fully saturated rings. The highest BCUT2D eigenvalue weighted by atomic mass is 35.5. The monoisotopic (exact) mass is 360 g/mol. The lowest BCUT2D eigenvalue weighted by Gasteiger charge is -2.03. The number of ketones is 1. The number of hydrogen-bond donors (Lipinski definition) is 0. The van der Waals surface area contributed by atoms with E-state index in [1.807, 2.05) is 24.3 Å². The lowest BCUT2D eigenvalue weighted by atomic mass is 10.2. The molecule has 0 saturated heterocycles. The Morgan fingerprint density at radius 3 is 2.71 bits per heavy atom. The van der Waals surface area contributed by atoms with Gasteiger partial charge in [-0.1, -0.05) is 35.0 Å². The molecule has 3 rings (SSSR count). The topological polar surface area (TPSA) is 65.2 Å². The van der Waals surface area contributed by atoms with Crippen molar-refractivity contribution in [2.75, 3.05) is 0 Å². The van der Waals surface area contributed by atoms with E-state index in [2.05, 4.69) is 10.1 Å². The summed E-state index contributed by atoms with van der Waals surface area (Å²) in [6, 6.07) is 10.8. The Morgan fingerprint density at radius 2 is 2.08 bits per heavy atom. The molecular formula is C17H13ClN2O3S. The molecule has 7 heteroatoms. The number of halogens is 1. The van der Waals surface area contributed by atoms with Crippen molar-refractivity contribution >= 4 is 34.8 Å². The molecule has 0 N–H and O–H groups in total. The zero-order chi connectivity index (χ0) is 16.9. The molecule has 122 valence electrons. The normalized spacial score (nSPS) is 11.1. The highest BCUT2D eigenvalue weighted by Gasteiger charge is 2.05. The number of rotatable bonds is 6. The number of allylic oxidation sites excluding steroid dienone is 1. The van der Waals surface area contributed by atoms with Gasteiger partial charge in [0.25, 0.3) is 0 Å². The van der Waals surface area contributed by atoms with Crippen molar-refractivity contribution in [1.29, 1.82) is 0 Å². The van der Waals surface area contributed by atoms with E-state index in [1.165, 1.54) is 17.4 Å². The van der Waals surface area contributed by atoms with Crippen LogP contribution in [-0.2, 0) is 6.61 Å². The summed E-state index contributed by atoms with van der Waals surface area (Å²) < 4.78 is 11.0. The molecule has 5 nitrogen and oxygen atoms in total. The van der Waals surface area contributed by atoms with Crippen LogP contribution in [0, 0.1) is 6.92 Å². The number of hydrogen-bond acceptors (Lipinski definition) is 6. The molecule has 24 heavy (non-hydrogen) atoms. The molecular weight excluding hydrogens is 348 g/mol. The largest absolute Gasteiger partial charge is 0.485 e. The third-order valence-corrected chi connectivity index (χ3v) is 4.31. The van der Waals surface area contributed by atoms with E-state index in [0.717, 1.165) is 5.56 Å². The predicted octanol–water partition coefficient (Wildman–Crippen LogP) is 4.57. The first-order valence-electron chi connectivity index (χ1n) is 7.10. The van der Waals surface area contributed by atoms with Crippen molar-refractivity contribution in [3.05, 3.63) is 69.0 Å². The van der Waals surface area contributed by atoms with Crippen LogP contribution in [0.3, 0.4) is 0 Å². The fourth-order valence-corrected chi connectivity index (χ4v) is 2.89. The van der Waals surface area contributed by atoms with Crippen molar-refractivity contribution in [3.63, 3.8) is 0 Å². The third kappa shape index (κ3) is 4.31. The Bertz CT molecular complexity index is 868. The molecule has 0 amide bonds. The maximum Gasteiger partial charge on any atom is 0.223 e. The summed E-state index contributed by atoms with van der Waals surface area (Å²) >= 11 is 7.09. The molecule has 0 unspecified atom stereocenters. The van der Waals surface area contributed by atoms with Crippen LogP contribution in [0.2, 0.25) is 4.34 Å². The summed E-state index contributed by atoms with van der Waals surface area (Å²) in [4.78, 5) is 16.7. The van der Waals surface area contributed by atoms with E-state index >= 15 is 0 Å². The minimum Gasteiger partial charge on any atom is -0.485 e. The lowest BCUT2D eigenvalue weighted by molar-refractivity contribution is 0.105. The van der Waals surface area contributed by atoms with Gasteiger partial charge in [0.1, 0.15) is 5.75 Å². The zero-order valence-corrected chi connectivity index (χ0v) is 14.3. The van der Waals surface area contributed by atoms with Gasteiger partial charge in [0, 0.05) is 6.92 Å². The van der Waals surface area contributed by atoms with E-state index in [-0.39, 0.29) is 12.4 Å². The Kier molecular flexibility index (Phi) is 5.08. The summed E-state index contributed by atoms with van der Waals surface area (Å²) in [6.45, 7) is 1.97. The number of carbonyl (C=O) groups is 1. The summed E-state index contributed by atoms with van der Waals surface area (Å²) in [5.74, 6) is 1.62.